The number of hydrogen-bond donors (Lipinski definition) is 1. The molecule has 1 N–H and O–H groups in total. The Kier molecular flexibility index (Phi) is 5.64. The molecule has 0 aromatic rings. The zero-order valence-electron chi connectivity index (χ0n) is 11.3. The highest BCUT2D eigenvalue weighted by atomic mass is 19.4. The van der Waals surface area contributed by atoms with Crippen LogP contribution in [0.2, 0.25) is 0 Å². The van der Waals surface area contributed by atoms with Crippen LogP contribution in [0.4, 0.5) is 18.0 Å². The van der Waals surface area contributed by atoms with Crippen LogP contribution in [0.1, 0.15) is 32.1 Å². The molecule has 0 bridgehead atoms. The van der Waals surface area contributed by atoms with E-state index in [2.05, 4.69) is 0 Å². The summed E-state index contributed by atoms with van der Waals surface area (Å²) < 4.78 is 37.3. The number of hydrogen-bond acceptors (Lipinski definition) is 2. The second kappa shape index (κ2) is 6.81. The van der Waals surface area contributed by atoms with Crippen LogP contribution in [-0.4, -0.2) is 59.3 Å². The SMILES string of the molecule is CN(C(=O)N(CC(=O)O)CC(F)(F)F)C1CCCCC1. The van der Waals surface area contributed by atoms with Crippen molar-refractivity contribution in [3.63, 3.8) is 0 Å². The minimum atomic E-state index is -4.61. The molecular weight excluding hydrogens is 277 g/mol. The van der Waals surface area contributed by atoms with Gasteiger partial charge in [-0.25, -0.2) is 4.79 Å². The Hall–Kier alpha value is -1.47. The van der Waals surface area contributed by atoms with Crippen molar-refractivity contribution < 1.29 is 27.9 Å². The molecule has 1 saturated carbocycles. The molecule has 0 atom stereocenters. The Bertz CT molecular complexity index is 354. The van der Waals surface area contributed by atoms with Gasteiger partial charge < -0.3 is 14.9 Å². The zero-order valence-corrected chi connectivity index (χ0v) is 11.3. The molecule has 0 unspecified atom stereocenters. The molecule has 1 rings (SSSR count). The third-order valence-corrected chi connectivity index (χ3v) is 3.39. The Labute approximate surface area is 115 Å². The fourth-order valence-electron chi connectivity index (χ4n) is 2.42. The second-order valence-electron chi connectivity index (χ2n) is 5.05. The van der Waals surface area contributed by atoms with E-state index in [1.54, 1.807) is 0 Å². The fourth-order valence-corrected chi connectivity index (χ4v) is 2.42. The van der Waals surface area contributed by atoms with Crippen molar-refractivity contribution in [3.8, 4) is 0 Å². The summed E-state index contributed by atoms with van der Waals surface area (Å²) in [7, 11) is 1.43. The monoisotopic (exact) mass is 296 g/mol. The minimum absolute atomic E-state index is 0.110. The van der Waals surface area contributed by atoms with Crippen molar-refractivity contribution in [1.29, 1.82) is 0 Å². The van der Waals surface area contributed by atoms with Gasteiger partial charge in [0.25, 0.3) is 0 Å². The number of carboxylic acids is 1. The van der Waals surface area contributed by atoms with Gasteiger partial charge in [0.15, 0.2) is 0 Å². The van der Waals surface area contributed by atoms with Gasteiger partial charge in [-0.1, -0.05) is 19.3 Å². The molecule has 20 heavy (non-hydrogen) atoms. The lowest BCUT2D eigenvalue weighted by Crippen LogP contribution is -2.50. The smallest absolute Gasteiger partial charge is 0.406 e. The molecule has 0 heterocycles. The van der Waals surface area contributed by atoms with E-state index in [1.807, 2.05) is 0 Å². The Morgan fingerprint density at radius 1 is 1.20 bits per heavy atom. The number of alkyl halides is 3. The largest absolute Gasteiger partial charge is 0.480 e. The molecular formula is C12H19F3N2O3. The molecule has 116 valence electrons. The van der Waals surface area contributed by atoms with E-state index in [9.17, 15) is 22.8 Å². The van der Waals surface area contributed by atoms with Gasteiger partial charge in [-0.15, -0.1) is 0 Å². The number of carbonyl (C=O) groups excluding carboxylic acids is 1. The normalized spacial score (nSPS) is 16.8. The molecule has 5 nitrogen and oxygen atoms in total. The van der Waals surface area contributed by atoms with E-state index in [1.165, 1.54) is 11.9 Å². The molecule has 8 heteroatoms. The lowest BCUT2D eigenvalue weighted by Gasteiger charge is -2.35. The summed E-state index contributed by atoms with van der Waals surface area (Å²) in [5, 5.41) is 8.64. The molecule has 1 aliphatic carbocycles. The van der Waals surface area contributed by atoms with Gasteiger partial charge in [-0.3, -0.25) is 4.79 Å². The summed E-state index contributed by atoms with van der Waals surface area (Å²) in [5.41, 5.74) is 0. The topological polar surface area (TPSA) is 60.9 Å². The van der Waals surface area contributed by atoms with Crippen LogP contribution in [0.15, 0.2) is 0 Å². The lowest BCUT2D eigenvalue weighted by atomic mass is 9.95. The van der Waals surface area contributed by atoms with Crippen molar-refractivity contribution in [2.45, 2.75) is 44.3 Å². The third-order valence-electron chi connectivity index (χ3n) is 3.39. The fraction of sp³-hybridized carbons (Fsp3) is 0.833. The van der Waals surface area contributed by atoms with Crippen LogP contribution in [0.5, 0.6) is 0 Å². The number of carboxylic acid groups (broad SMARTS) is 1. The average Bonchev–Trinajstić information content (AvgIpc) is 2.35. The number of amides is 2. The van der Waals surface area contributed by atoms with Crippen LogP contribution in [0.25, 0.3) is 0 Å². The van der Waals surface area contributed by atoms with Crippen molar-refractivity contribution in [2.75, 3.05) is 20.1 Å². The van der Waals surface area contributed by atoms with E-state index in [-0.39, 0.29) is 6.04 Å². The maximum Gasteiger partial charge on any atom is 0.406 e. The van der Waals surface area contributed by atoms with E-state index in [4.69, 9.17) is 5.11 Å². The number of urea groups is 1. The highest BCUT2D eigenvalue weighted by Gasteiger charge is 2.36. The summed E-state index contributed by atoms with van der Waals surface area (Å²) in [6, 6.07) is -0.989. The van der Waals surface area contributed by atoms with Gasteiger partial charge in [0.1, 0.15) is 13.1 Å². The van der Waals surface area contributed by atoms with Crippen molar-refractivity contribution in [1.82, 2.24) is 9.80 Å². The molecule has 0 aliphatic heterocycles. The molecule has 0 saturated heterocycles. The maximum atomic E-state index is 12.4. The molecule has 0 radical (unpaired) electrons. The molecule has 0 spiro atoms. The summed E-state index contributed by atoms with van der Waals surface area (Å²) in [5.74, 6) is -1.46. The van der Waals surface area contributed by atoms with E-state index in [0.29, 0.717) is 4.90 Å². The van der Waals surface area contributed by atoms with Crippen LogP contribution in [-0.2, 0) is 4.79 Å². The zero-order chi connectivity index (χ0) is 15.3. The highest BCUT2D eigenvalue weighted by Crippen LogP contribution is 2.23. The first-order valence-electron chi connectivity index (χ1n) is 6.51. The van der Waals surface area contributed by atoms with Crippen LogP contribution >= 0.6 is 0 Å². The number of carbonyl (C=O) groups is 2. The van der Waals surface area contributed by atoms with Gasteiger partial charge in [-0.05, 0) is 12.8 Å². The van der Waals surface area contributed by atoms with Crippen molar-refractivity contribution >= 4 is 12.0 Å². The quantitative estimate of drug-likeness (QED) is 0.866. The number of nitrogens with zero attached hydrogens (tertiary/aromatic N) is 2. The summed E-state index contributed by atoms with van der Waals surface area (Å²) in [6.45, 7) is -2.50. The van der Waals surface area contributed by atoms with Gasteiger partial charge in [-0.2, -0.15) is 13.2 Å². The lowest BCUT2D eigenvalue weighted by molar-refractivity contribution is -0.149. The van der Waals surface area contributed by atoms with Gasteiger partial charge in [0.05, 0.1) is 0 Å². The summed E-state index contributed by atoms with van der Waals surface area (Å²) in [4.78, 5) is 24.2. The van der Waals surface area contributed by atoms with Crippen molar-refractivity contribution in [2.24, 2.45) is 0 Å². The summed E-state index contributed by atoms with van der Waals surface area (Å²) in [6.07, 6.45) is -0.205. The van der Waals surface area contributed by atoms with Crippen LogP contribution in [0, 0.1) is 0 Å². The highest BCUT2D eigenvalue weighted by molar-refractivity contribution is 5.80. The second-order valence-corrected chi connectivity index (χ2v) is 5.05. The molecule has 1 fully saturated rings. The van der Waals surface area contributed by atoms with Gasteiger partial charge in [0, 0.05) is 13.1 Å². The Balaban J connectivity index is 2.72. The van der Waals surface area contributed by atoms with Crippen molar-refractivity contribution in [3.05, 3.63) is 0 Å². The average molecular weight is 296 g/mol. The Morgan fingerprint density at radius 2 is 1.75 bits per heavy atom. The number of aliphatic carboxylic acids is 1. The third kappa shape index (κ3) is 5.26. The number of halogens is 3. The molecule has 0 aromatic heterocycles. The minimum Gasteiger partial charge on any atom is -0.480 e. The van der Waals surface area contributed by atoms with Gasteiger partial charge >= 0.3 is 18.2 Å². The molecule has 1 aliphatic rings. The Morgan fingerprint density at radius 3 is 2.20 bits per heavy atom. The maximum absolute atomic E-state index is 12.4. The molecule has 0 aromatic carbocycles. The molecule has 2 amide bonds. The van der Waals surface area contributed by atoms with E-state index < -0.39 is 31.3 Å². The first-order chi connectivity index (χ1) is 9.20. The predicted molar refractivity (Wildman–Crippen MR) is 65.3 cm³/mol. The van der Waals surface area contributed by atoms with Crippen LogP contribution < -0.4 is 0 Å². The predicted octanol–water partition coefficient (Wildman–Crippen LogP) is 2.32. The first kappa shape index (κ1) is 16.6. The standard InChI is InChI=1S/C12H19F3N2O3/c1-16(9-5-3-2-4-6-9)11(20)17(7-10(18)19)8-12(13,14)15/h9H,2-8H2,1H3,(H,18,19). The van der Waals surface area contributed by atoms with Crippen LogP contribution in [0.3, 0.4) is 0 Å². The van der Waals surface area contributed by atoms with E-state index >= 15 is 0 Å². The van der Waals surface area contributed by atoms with E-state index in [0.717, 1.165) is 32.1 Å². The first-order valence-corrected chi connectivity index (χ1v) is 6.51. The number of rotatable bonds is 4. The van der Waals surface area contributed by atoms with Gasteiger partial charge in [0.2, 0.25) is 0 Å². The summed E-state index contributed by atoms with van der Waals surface area (Å²) >= 11 is 0.